The molecule has 1 amide bonds. The number of amides is 1. The Bertz CT molecular complexity index is 1010. The Balaban J connectivity index is 0.00000408. The molecule has 0 aliphatic carbocycles. The molecule has 0 unspecified atom stereocenters. The number of carbonyl (C=O) groups is 1. The van der Waals surface area contributed by atoms with Crippen molar-refractivity contribution in [1.82, 2.24) is 0 Å². The van der Waals surface area contributed by atoms with Crippen LogP contribution in [0.15, 0.2) is 84.0 Å². The Labute approximate surface area is 207 Å². The Hall–Kier alpha value is -3.51. The maximum absolute atomic E-state index is 12.9. The SMILES string of the molecule is CCN(C(=O)c1ccc(OCCCCCOc2ccc(C=NN)cc2)cc1)c1ccccc1.Cl. The molecule has 0 atom stereocenters. The molecule has 0 radical (unpaired) electrons. The van der Waals surface area contributed by atoms with Crippen molar-refractivity contribution in [3.05, 3.63) is 90.0 Å². The molecule has 3 aromatic carbocycles. The van der Waals surface area contributed by atoms with Gasteiger partial charge in [-0.1, -0.05) is 18.2 Å². The predicted molar refractivity (Wildman–Crippen MR) is 141 cm³/mol. The van der Waals surface area contributed by atoms with E-state index < -0.39 is 0 Å². The topological polar surface area (TPSA) is 77.2 Å². The van der Waals surface area contributed by atoms with Crippen LogP contribution in [0.2, 0.25) is 0 Å². The summed E-state index contributed by atoms with van der Waals surface area (Å²) < 4.78 is 11.6. The number of ether oxygens (including phenoxy) is 2. The monoisotopic (exact) mass is 481 g/mol. The highest BCUT2D eigenvalue weighted by Crippen LogP contribution is 2.19. The predicted octanol–water partition coefficient (Wildman–Crippen LogP) is 5.70. The molecule has 7 heteroatoms. The molecule has 180 valence electrons. The molecule has 0 bridgehead atoms. The Morgan fingerprint density at radius 3 is 1.94 bits per heavy atom. The van der Waals surface area contributed by atoms with Crippen molar-refractivity contribution in [1.29, 1.82) is 0 Å². The minimum absolute atomic E-state index is 0. The van der Waals surface area contributed by atoms with E-state index >= 15 is 0 Å². The van der Waals surface area contributed by atoms with Gasteiger partial charge < -0.3 is 20.2 Å². The molecule has 0 heterocycles. The number of halogens is 1. The van der Waals surface area contributed by atoms with Crippen LogP contribution in [-0.4, -0.2) is 31.9 Å². The molecule has 0 spiro atoms. The molecule has 0 aliphatic heterocycles. The molecular formula is C27H32ClN3O3. The quantitative estimate of drug-likeness (QED) is 0.156. The number of nitrogens with two attached hydrogens (primary N) is 1. The first kappa shape index (κ1) is 26.7. The molecule has 6 nitrogen and oxygen atoms in total. The normalized spacial score (nSPS) is 10.5. The molecule has 0 aliphatic rings. The van der Waals surface area contributed by atoms with Crippen LogP contribution in [-0.2, 0) is 0 Å². The van der Waals surface area contributed by atoms with Gasteiger partial charge in [0.1, 0.15) is 11.5 Å². The van der Waals surface area contributed by atoms with Crippen molar-refractivity contribution >= 4 is 30.2 Å². The number of nitrogens with zero attached hydrogens (tertiary/aromatic N) is 2. The summed E-state index contributed by atoms with van der Waals surface area (Å²) in [6.07, 6.45) is 4.50. The fraction of sp³-hybridized carbons (Fsp3) is 0.259. The van der Waals surface area contributed by atoms with Crippen molar-refractivity contribution in [3.8, 4) is 11.5 Å². The van der Waals surface area contributed by atoms with Crippen molar-refractivity contribution in [2.24, 2.45) is 10.9 Å². The number of unbranched alkanes of at least 4 members (excludes halogenated alkanes) is 2. The van der Waals surface area contributed by atoms with E-state index in [1.807, 2.05) is 85.8 Å². The number of hydrogen-bond donors (Lipinski definition) is 1. The van der Waals surface area contributed by atoms with Crippen molar-refractivity contribution in [3.63, 3.8) is 0 Å². The molecule has 34 heavy (non-hydrogen) atoms. The number of hydrazone groups is 1. The van der Waals surface area contributed by atoms with E-state index in [1.54, 1.807) is 11.1 Å². The summed E-state index contributed by atoms with van der Waals surface area (Å²) in [7, 11) is 0. The summed E-state index contributed by atoms with van der Waals surface area (Å²) >= 11 is 0. The van der Waals surface area contributed by atoms with Crippen LogP contribution >= 0.6 is 12.4 Å². The number of anilines is 1. The van der Waals surface area contributed by atoms with Crippen molar-refractivity contribution < 1.29 is 14.3 Å². The van der Waals surface area contributed by atoms with Gasteiger partial charge in [-0.15, -0.1) is 12.4 Å². The van der Waals surface area contributed by atoms with Crippen LogP contribution in [0.5, 0.6) is 11.5 Å². The van der Waals surface area contributed by atoms with Gasteiger partial charge in [-0.05, 0) is 92.4 Å². The van der Waals surface area contributed by atoms with Crippen LogP contribution in [0, 0.1) is 0 Å². The molecule has 0 fully saturated rings. The fourth-order valence-corrected chi connectivity index (χ4v) is 3.40. The zero-order valence-corrected chi connectivity index (χ0v) is 20.2. The maximum Gasteiger partial charge on any atom is 0.258 e. The minimum atomic E-state index is -0.0163. The van der Waals surface area contributed by atoms with Crippen LogP contribution in [0.3, 0.4) is 0 Å². The average Bonchev–Trinajstić information content (AvgIpc) is 2.86. The molecular weight excluding hydrogens is 450 g/mol. The van der Waals surface area contributed by atoms with Crippen LogP contribution in [0.25, 0.3) is 0 Å². The number of benzene rings is 3. The minimum Gasteiger partial charge on any atom is -0.494 e. The summed E-state index contributed by atoms with van der Waals surface area (Å²) in [5.41, 5.74) is 2.49. The zero-order valence-electron chi connectivity index (χ0n) is 19.4. The summed E-state index contributed by atoms with van der Waals surface area (Å²) in [4.78, 5) is 14.6. The second kappa shape index (κ2) is 14.6. The second-order valence-electron chi connectivity index (χ2n) is 7.51. The van der Waals surface area contributed by atoms with E-state index in [-0.39, 0.29) is 18.3 Å². The van der Waals surface area contributed by atoms with E-state index in [2.05, 4.69) is 5.10 Å². The molecule has 0 aromatic heterocycles. The first-order valence-corrected chi connectivity index (χ1v) is 11.3. The number of carbonyl (C=O) groups excluding carboxylic acids is 1. The van der Waals surface area contributed by atoms with E-state index in [4.69, 9.17) is 15.3 Å². The lowest BCUT2D eigenvalue weighted by molar-refractivity contribution is 0.0988. The zero-order chi connectivity index (χ0) is 23.3. The third-order valence-electron chi connectivity index (χ3n) is 5.16. The first-order valence-electron chi connectivity index (χ1n) is 11.3. The Kier molecular flexibility index (Phi) is 11.5. The number of para-hydroxylation sites is 1. The Morgan fingerprint density at radius 2 is 1.41 bits per heavy atom. The van der Waals surface area contributed by atoms with Gasteiger partial charge in [-0.3, -0.25) is 4.79 Å². The smallest absolute Gasteiger partial charge is 0.258 e. The number of hydrogen-bond acceptors (Lipinski definition) is 5. The molecule has 3 rings (SSSR count). The first-order chi connectivity index (χ1) is 16.2. The largest absolute Gasteiger partial charge is 0.494 e. The number of rotatable bonds is 12. The summed E-state index contributed by atoms with van der Waals surface area (Å²) in [6.45, 7) is 3.88. The third kappa shape index (κ3) is 8.12. The van der Waals surface area contributed by atoms with E-state index in [1.165, 1.54) is 0 Å². The Morgan fingerprint density at radius 1 is 0.853 bits per heavy atom. The van der Waals surface area contributed by atoms with Gasteiger partial charge >= 0.3 is 0 Å². The van der Waals surface area contributed by atoms with Gasteiger partial charge in [0, 0.05) is 17.8 Å². The summed E-state index contributed by atoms with van der Waals surface area (Å²) in [5, 5.41) is 3.50. The second-order valence-corrected chi connectivity index (χ2v) is 7.51. The van der Waals surface area contributed by atoms with E-state index in [0.717, 1.165) is 42.0 Å². The standard InChI is InChI=1S/C27H31N3O3.ClH/c1-2-30(24-9-5-3-6-10-24)27(31)23-13-17-26(18-14-23)33-20-8-4-7-19-32-25-15-11-22(12-16-25)21-29-28;/h3,5-6,9-18,21H,2,4,7-8,19-20,28H2,1H3;1H. The third-order valence-corrected chi connectivity index (χ3v) is 5.16. The van der Waals surface area contributed by atoms with Gasteiger partial charge in [0.2, 0.25) is 0 Å². The lowest BCUT2D eigenvalue weighted by atomic mass is 10.1. The van der Waals surface area contributed by atoms with Gasteiger partial charge in [0.15, 0.2) is 0 Å². The molecule has 3 aromatic rings. The van der Waals surface area contributed by atoms with E-state index in [0.29, 0.717) is 25.3 Å². The van der Waals surface area contributed by atoms with Gasteiger partial charge in [0.25, 0.3) is 5.91 Å². The highest BCUT2D eigenvalue weighted by molar-refractivity contribution is 6.06. The fourth-order valence-electron chi connectivity index (χ4n) is 3.40. The molecule has 0 saturated heterocycles. The van der Waals surface area contributed by atoms with Crippen LogP contribution in [0.1, 0.15) is 42.1 Å². The van der Waals surface area contributed by atoms with Gasteiger partial charge in [0.05, 0.1) is 19.4 Å². The van der Waals surface area contributed by atoms with Gasteiger partial charge in [-0.25, -0.2) is 0 Å². The van der Waals surface area contributed by atoms with Crippen molar-refractivity contribution in [2.45, 2.75) is 26.2 Å². The molecule has 2 N–H and O–H groups in total. The lowest BCUT2D eigenvalue weighted by Crippen LogP contribution is -2.30. The molecule has 0 saturated carbocycles. The maximum atomic E-state index is 12.9. The van der Waals surface area contributed by atoms with E-state index in [9.17, 15) is 4.79 Å². The average molecular weight is 482 g/mol. The lowest BCUT2D eigenvalue weighted by Gasteiger charge is -2.21. The highest BCUT2D eigenvalue weighted by atomic mass is 35.5. The summed E-state index contributed by atoms with van der Waals surface area (Å²) in [5.74, 6) is 6.73. The van der Waals surface area contributed by atoms with Crippen LogP contribution in [0.4, 0.5) is 5.69 Å². The highest BCUT2D eigenvalue weighted by Gasteiger charge is 2.15. The van der Waals surface area contributed by atoms with Crippen LogP contribution < -0.4 is 20.2 Å². The van der Waals surface area contributed by atoms with Crippen molar-refractivity contribution in [2.75, 3.05) is 24.7 Å². The summed E-state index contributed by atoms with van der Waals surface area (Å²) in [6, 6.07) is 24.7. The van der Waals surface area contributed by atoms with Gasteiger partial charge in [-0.2, -0.15) is 5.10 Å².